The minimum atomic E-state index is 0.260. The molecule has 2 nitrogen and oxygen atoms in total. The van der Waals surface area contributed by atoms with E-state index in [0.717, 1.165) is 24.7 Å². The van der Waals surface area contributed by atoms with Crippen LogP contribution in [0.25, 0.3) is 0 Å². The van der Waals surface area contributed by atoms with Crippen molar-refractivity contribution in [2.45, 2.75) is 77.0 Å². The van der Waals surface area contributed by atoms with Gasteiger partial charge in [-0.3, -0.25) is 9.59 Å². The van der Waals surface area contributed by atoms with E-state index in [9.17, 15) is 9.59 Å². The molecule has 0 amide bonds. The van der Waals surface area contributed by atoms with Crippen molar-refractivity contribution in [1.29, 1.82) is 0 Å². The van der Waals surface area contributed by atoms with Crippen molar-refractivity contribution in [2.24, 2.45) is 59.2 Å². The van der Waals surface area contributed by atoms with Gasteiger partial charge in [-0.2, -0.15) is 0 Å². The third kappa shape index (κ3) is 2.11. The molecule has 0 aromatic carbocycles. The second-order valence-corrected chi connectivity index (χ2v) is 10.8. The van der Waals surface area contributed by atoms with Crippen LogP contribution in [0.1, 0.15) is 77.0 Å². The van der Waals surface area contributed by atoms with Crippen LogP contribution in [0.4, 0.5) is 0 Å². The number of hydrogen-bond acceptors (Lipinski definition) is 2. The van der Waals surface area contributed by atoms with Gasteiger partial charge < -0.3 is 0 Å². The summed E-state index contributed by atoms with van der Waals surface area (Å²) in [5.41, 5.74) is 0. The average molecular weight is 355 g/mol. The minimum Gasteiger partial charge on any atom is -0.299 e. The fourth-order valence-corrected chi connectivity index (χ4v) is 9.33. The van der Waals surface area contributed by atoms with Crippen LogP contribution < -0.4 is 0 Å². The standard InChI is InChI=1S/C24H34O2/c25-23-16-8-4-3-7-15(16)18-11-19-21(12-20(18)23)24(26)17-10-9-13-5-1-2-6-14(13)22(17)19/h13-22H,1-12H2. The van der Waals surface area contributed by atoms with E-state index < -0.39 is 0 Å². The lowest BCUT2D eigenvalue weighted by Gasteiger charge is -2.47. The molecule has 6 aliphatic carbocycles. The molecule has 0 heterocycles. The molecule has 6 saturated carbocycles. The lowest BCUT2D eigenvalue weighted by Crippen LogP contribution is -2.40. The fraction of sp³-hybridized carbons (Fsp3) is 0.917. The maximum Gasteiger partial charge on any atom is 0.139 e. The Morgan fingerprint density at radius 3 is 2.08 bits per heavy atom. The van der Waals surface area contributed by atoms with Crippen molar-refractivity contribution >= 4 is 11.6 Å². The Balaban J connectivity index is 1.32. The molecule has 6 fully saturated rings. The zero-order valence-corrected chi connectivity index (χ0v) is 16.1. The average Bonchev–Trinajstić information content (AvgIpc) is 3.13. The van der Waals surface area contributed by atoms with Crippen molar-refractivity contribution in [2.75, 3.05) is 0 Å². The van der Waals surface area contributed by atoms with Gasteiger partial charge in [-0.1, -0.05) is 32.1 Å². The first-order chi connectivity index (χ1) is 12.7. The third-order valence-electron chi connectivity index (χ3n) is 10.2. The van der Waals surface area contributed by atoms with E-state index in [1.54, 1.807) is 0 Å². The molecule has 0 N–H and O–H groups in total. The van der Waals surface area contributed by atoms with Crippen LogP contribution in [0, 0.1) is 59.2 Å². The molecule has 142 valence electrons. The first-order valence-corrected chi connectivity index (χ1v) is 11.8. The third-order valence-corrected chi connectivity index (χ3v) is 10.2. The zero-order valence-electron chi connectivity index (χ0n) is 16.1. The molecule has 0 aliphatic heterocycles. The number of fused-ring (bicyclic) bond motifs is 8. The summed E-state index contributed by atoms with van der Waals surface area (Å²) >= 11 is 0. The van der Waals surface area contributed by atoms with Gasteiger partial charge in [0.25, 0.3) is 0 Å². The van der Waals surface area contributed by atoms with Crippen LogP contribution in [0.15, 0.2) is 0 Å². The molecular weight excluding hydrogens is 320 g/mol. The molecule has 0 saturated heterocycles. The fourth-order valence-electron chi connectivity index (χ4n) is 9.33. The van der Waals surface area contributed by atoms with Gasteiger partial charge in [0.1, 0.15) is 11.6 Å². The highest BCUT2D eigenvalue weighted by Crippen LogP contribution is 2.63. The second kappa shape index (κ2) is 5.92. The number of Topliss-reactive ketones (excluding diaryl/α,β-unsaturated/α-hetero) is 2. The molecule has 2 heteroatoms. The molecule has 26 heavy (non-hydrogen) atoms. The molecular formula is C24H34O2. The first kappa shape index (κ1) is 16.3. The highest BCUT2D eigenvalue weighted by atomic mass is 16.1. The molecule has 0 aromatic rings. The summed E-state index contributed by atoms with van der Waals surface area (Å²) in [5, 5.41) is 0. The Morgan fingerprint density at radius 2 is 1.19 bits per heavy atom. The molecule has 10 unspecified atom stereocenters. The summed E-state index contributed by atoms with van der Waals surface area (Å²) in [5.74, 6) is 6.88. The van der Waals surface area contributed by atoms with E-state index in [4.69, 9.17) is 0 Å². The molecule has 0 spiro atoms. The van der Waals surface area contributed by atoms with Gasteiger partial charge in [0.2, 0.25) is 0 Å². The zero-order chi connectivity index (χ0) is 17.4. The topological polar surface area (TPSA) is 34.1 Å². The normalized spacial score (nSPS) is 55.5. The quantitative estimate of drug-likeness (QED) is 0.610. The molecule has 6 rings (SSSR count). The molecule has 6 aliphatic rings. The van der Waals surface area contributed by atoms with E-state index in [1.807, 2.05) is 0 Å². The number of carbonyl (C=O) groups is 2. The summed E-state index contributed by atoms with van der Waals surface area (Å²) in [6.07, 6.45) is 15.3. The van der Waals surface area contributed by atoms with Crippen LogP contribution in [0.2, 0.25) is 0 Å². The number of carbonyl (C=O) groups excluding carboxylic acids is 2. The van der Waals surface area contributed by atoms with Crippen LogP contribution >= 0.6 is 0 Å². The number of rotatable bonds is 0. The van der Waals surface area contributed by atoms with E-state index >= 15 is 0 Å². The lowest BCUT2D eigenvalue weighted by atomic mass is 9.57. The Hall–Kier alpha value is -0.660. The van der Waals surface area contributed by atoms with Crippen molar-refractivity contribution < 1.29 is 9.59 Å². The summed E-state index contributed by atoms with van der Waals surface area (Å²) < 4.78 is 0. The maximum atomic E-state index is 13.3. The Bertz CT molecular complexity index is 624. The predicted molar refractivity (Wildman–Crippen MR) is 100 cm³/mol. The summed E-state index contributed by atoms with van der Waals surface area (Å²) in [6.45, 7) is 0. The molecule has 0 bridgehead atoms. The van der Waals surface area contributed by atoms with Crippen LogP contribution in [-0.2, 0) is 9.59 Å². The van der Waals surface area contributed by atoms with Gasteiger partial charge in [0.05, 0.1) is 0 Å². The maximum absolute atomic E-state index is 13.3. The van der Waals surface area contributed by atoms with Gasteiger partial charge in [0, 0.05) is 23.7 Å². The van der Waals surface area contributed by atoms with Crippen molar-refractivity contribution in [3.05, 3.63) is 0 Å². The minimum absolute atomic E-state index is 0.260. The molecule has 10 atom stereocenters. The SMILES string of the molecule is O=C1C2CCCCC2C2CC3C(CC12)C(=O)C1CCC2CCCCC2C13. The molecule has 0 radical (unpaired) electrons. The van der Waals surface area contributed by atoms with Crippen molar-refractivity contribution in [3.8, 4) is 0 Å². The second-order valence-electron chi connectivity index (χ2n) is 10.8. The van der Waals surface area contributed by atoms with E-state index in [1.165, 1.54) is 64.2 Å². The number of ketones is 2. The van der Waals surface area contributed by atoms with Gasteiger partial charge in [0.15, 0.2) is 0 Å². The highest BCUT2D eigenvalue weighted by molar-refractivity contribution is 5.90. The van der Waals surface area contributed by atoms with E-state index in [2.05, 4.69) is 0 Å². The van der Waals surface area contributed by atoms with Crippen molar-refractivity contribution in [1.82, 2.24) is 0 Å². The van der Waals surface area contributed by atoms with Gasteiger partial charge >= 0.3 is 0 Å². The van der Waals surface area contributed by atoms with Crippen LogP contribution in [0.3, 0.4) is 0 Å². The lowest BCUT2D eigenvalue weighted by molar-refractivity contribution is -0.129. The monoisotopic (exact) mass is 354 g/mol. The van der Waals surface area contributed by atoms with Crippen molar-refractivity contribution in [3.63, 3.8) is 0 Å². The van der Waals surface area contributed by atoms with Crippen LogP contribution in [0.5, 0.6) is 0 Å². The number of hydrogen-bond donors (Lipinski definition) is 0. The Labute approximate surface area is 157 Å². The van der Waals surface area contributed by atoms with Gasteiger partial charge in [-0.15, -0.1) is 0 Å². The first-order valence-electron chi connectivity index (χ1n) is 11.8. The Morgan fingerprint density at radius 1 is 0.500 bits per heavy atom. The summed E-state index contributed by atoms with van der Waals surface area (Å²) in [7, 11) is 0. The largest absolute Gasteiger partial charge is 0.299 e. The smallest absolute Gasteiger partial charge is 0.139 e. The van der Waals surface area contributed by atoms with E-state index in [0.29, 0.717) is 47.1 Å². The highest BCUT2D eigenvalue weighted by Gasteiger charge is 2.62. The van der Waals surface area contributed by atoms with E-state index in [-0.39, 0.29) is 11.8 Å². The summed E-state index contributed by atoms with van der Waals surface area (Å²) in [6, 6.07) is 0. The Kier molecular flexibility index (Phi) is 3.71. The predicted octanol–water partition coefficient (Wildman–Crippen LogP) is 5.05. The van der Waals surface area contributed by atoms with Gasteiger partial charge in [-0.05, 0) is 80.5 Å². The summed E-state index contributed by atoms with van der Waals surface area (Å²) in [4.78, 5) is 26.4. The molecule has 0 aromatic heterocycles. The van der Waals surface area contributed by atoms with Crippen LogP contribution in [-0.4, -0.2) is 11.6 Å². The van der Waals surface area contributed by atoms with Gasteiger partial charge in [-0.25, -0.2) is 0 Å².